The molecule has 186 valence electrons. The van der Waals surface area contributed by atoms with Crippen LogP contribution in [0.4, 0.5) is 17.6 Å². The van der Waals surface area contributed by atoms with E-state index >= 15 is 0 Å². The lowest BCUT2D eigenvalue weighted by molar-refractivity contribution is -0.127. The summed E-state index contributed by atoms with van der Waals surface area (Å²) in [5, 5.41) is 11.7. The van der Waals surface area contributed by atoms with Crippen molar-refractivity contribution in [1.29, 1.82) is 0 Å². The number of hydrogen-bond donors (Lipinski definition) is 1. The normalized spacial score (nSPS) is 15.9. The van der Waals surface area contributed by atoms with E-state index in [0.717, 1.165) is 42.9 Å². The Bertz CT molecular complexity index is 1300. The summed E-state index contributed by atoms with van der Waals surface area (Å²) in [5.74, 6) is 0.300. The maximum atomic E-state index is 13.6. The number of alkyl halides is 4. The molecule has 1 aliphatic rings. The van der Waals surface area contributed by atoms with Crippen LogP contribution in [0.5, 0.6) is 0 Å². The standard InChI is InChI=1S/C23H25F4N7S/c1-14-9-16(12-34-21(14)29-13-30-34)19-17(10-23(25,26)27)20(32-31-19)22-28-11-18(35-22)15-3-7-33(8-4-15)6-2-5-24/h9,11-13,15H,2-8,10H2,1H3,(H,31,32). The highest BCUT2D eigenvalue weighted by atomic mass is 32.1. The van der Waals surface area contributed by atoms with Gasteiger partial charge in [0.2, 0.25) is 0 Å². The van der Waals surface area contributed by atoms with Crippen LogP contribution in [0.15, 0.2) is 24.8 Å². The summed E-state index contributed by atoms with van der Waals surface area (Å²) < 4.78 is 54.8. The van der Waals surface area contributed by atoms with E-state index in [0.29, 0.717) is 34.3 Å². The maximum Gasteiger partial charge on any atom is 0.393 e. The number of thiazole rings is 1. The van der Waals surface area contributed by atoms with Gasteiger partial charge in [0, 0.05) is 34.9 Å². The van der Waals surface area contributed by atoms with Crippen LogP contribution in [0.1, 0.15) is 41.2 Å². The predicted molar refractivity (Wildman–Crippen MR) is 125 cm³/mol. The zero-order valence-corrected chi connectivity index (χ0v) is 20.0. The number of aromatic nitrogens is 6. The Morgan fingerprint density at radius 2 is 2.00 bits per heavy atom. The molecule has 1 saturated heterocycles. The van der Waals surface area contributed by atoms with Crippen molar-refractivity contribution in [2.75, 3.05) is 26.3 Å². The van der Waals surface area contributed by atoms with Crippen molar-refractivity contribution >= 4 is 17.0 Å². The third kappa shape index (κ3) is 5.08. The van der Waals surface area contributed by atoms with Crippen LogP contribution in [0.2, 0.25) is 0 Å². The van der Waals surface area contributed by atoms with Gasteiger partial charge in [-0.25, -0.2) is 14.5 Å². The number of nitrogens with zero attached hydrogens (tertiary/aromatic N) is 6. The van der Waals surface area contributed by atoms with Crippen molar-refractivity contribution in [2.45, 2.75) is 44.7 Å². The number of piperidine rings is 1. The van der Waals surface area contributed by atoms with E-state index in [1.54, 1.807) is 18.5 Å². The van der Waals surface area contributed by atoms with E-state index in [1.807, 2.05) is 6.92 Å². The van der Waals surface area contributed by atoms with Gasteiger partial charge in [-0.05, 0) is 56.8 Å². The van der Waals surface area contributed by atoms with Gasteiger partial charge in [-0.2, -0.15) is 23.4 Å². The predicted octanol–water partition coefficient (Wildman–Crippen LogP) is 5.20. The fourth-order valence-corrected chi connectivity index (χ4v) is 5.80. The molecule has 0 amide bonds. The lowest BCUT2D eigenvalue weighted by Crippen LogP contribution is -2.33. The average molecular weight is 508 g/mol. The zero-order valence-electron chi connectivity index (χ0n) is 19.1. The van der Waals surface area contributed by atoms with Gasteiger partial charge in [-0.3, -0.25) is 9.49 Å². The van der Waals surface area contributed by atoms with Crippen molar-refractivity contribution in [3.8, 4) is 22.0 Å². The second-order valence-electron chi connectivity index (χ2n) is 8.88. The van der Waals surface area contributed by atoms with Gasteiger partial charge in [0.15, 0.2) is 5.65 Å². The smallest absolute Gasteiger partial charge is 0.303 e. The Morgan fingerprint density at radius 1 is 1.20 bits per heavy atom. The Labute approximate surface area is 203 Å². The van der Waals surface area contributed by atoms with Crippen molar-refractivity contribution in [2.24, 2.45) is 0 Å². The summed E-state index contributed by atoms with van der Waals surface area (Å²) in [4.78, 5) is 12.0. The van der Waals surface area contributed by atoms with Crippen LogP contribution in [0.3, 0.4) is 0 Å². The number of H-pyrrole nitrogens is 1. The molecule has 5 rings (SSSR count). The van der Waals surface area contributed by atoms with Gasteiger partial charge >= 0.3 is 6.18 Å². The number of hydrogen-bond acceptors (Lipinski definition) is 6. The minimum atomic E-state index is -4.41. The minimum absolute atomic E-state index is 0.0679. The van der Waals surface area contributed by atoms with Crippen molar-refractivity contribution in [3.63, 3.8) is 0 Å². The quantitative estimate of drug-likeness (QED) is 0.348. The first-order valence-corrected chi connectivity index (χ1v) is 12.3. The van der Waals surface area contributed by atoms with Crippen molar-refractivity contribution < 1.29 is 17.6 Å². The zero-order chi connectivity index (χ0) is 24.6. The first-order chi connectivity index (χ1) is 16.8. The van der Waals surface area contributed by atoms with E-state index in [-0.39, 0.29) is 17.9 Å². The van der Waals surface area contributed by atoms with Gasteiger partial charge < -0.3 is 4.90 Å². The molecule has 0 radical (unpaired) electrons. The molecule has 4 aromatic rings. The third-order valence-corrected chi connectivity index (χ3v) is 7.59. The van der Waals surface area contributed by atoms with Gasteiger partial charge in [-0.1, -0.05) is 0 Å². The number of aryl methyl sites for hydroxylation is 1. The van der Waals surface area contributed by atoms with Gasteiger partial charge in [-0.15, -0.1) is 11.3 Å². The number of likely N-dealkylation sites (tertiary alicyclic amines) is 1. The minimum Gasteiger partial charge on any atom is -0.303 e. The highest BCUT2D eigenvalue weighted by molar-refractivity contribution is 7.15. The average Bonchev–Trinajstić information content (AvgIpc) is 3.56. The highest BCUT2D eigenvalue weighted by Gasteiger charge is 2.33. The molecular formula is C23H25F4N7S. The van der Waals surface area contributed by atoms with E-state index in [4.69, 9.17) is 0 Å². The van der Waals surface area contributed by atoms with Crippen molar-refractivity contribution in [1.82, 2.24) is 34.7 Å². The molecule has 0 atom stereocenters. The van der Waals surface area contributed by atoms with Crippen LogP contribution >= 0.6 is 11.3 Å². The summed E-state index contributed by atoms with van der Waals surface area (Å²) >= 11 is 1.41. The van der Waals surface area contributed by atoms with Gasteiger partial charge in [0.05, 0.1) is 24.5 Å². The summed E-state index contributed by atoms with van der Waals surface area (Å²) in [5.41, 5.74) is 2.55. The molecule has 0 spiro atoms. The second-order valence-corrected chi connectivity index (χ2v) is 9.95. The maximum absolute atomic E-state index is 13.6. The van der Waals surface area contributed by atoms with E-state index in [9.17, 15) is 17.6 Å². The molecule has 5 heterocycles. The molecule has 4 aromatic heterocycles. The Kier molecular flexibility index (Phi) is 6.58. The highest BCUT2D eigenvalue weighted by Crippen LogP contribution is 2.39. The fourth-order valence-electron chi connectivity index (χ4n) is 4.69. The van der Waals surface area contributed by atoms with Crippen LogP contribution in [0.25, 0.3) is 27.6 Å². The van der Waals surface area contributed by atoms with E-state index < -0.39 is 12.6 Å². The lowest BCUT2D eigenvalue weighted by Gasteiger charge is -2.31. The number of rotatable bonds is 7. The Hall–Kier alpha value is -2.86. The third-order valence-electron chi connectivity index (χ3n) is 6.41. The van der Waals surface area contributed by atoms with E-state index in [1.165, 1.54) is 22.2 Å². The number of fused-ring (bicyclic) bond motifs is 1. The summed E-state index contributed by atoms with van der Waals surface area (Å²) in [7, 11) is 0. The molecule has 0 aliphatic carbocycles. The molecular weight excluding hydrogens is 482 g/mol. The topological polar surface area (TPSA) is 75.0 Å². The van der Waals surface area contributed by atoms with E-state index in [2.05, 4.69) is 30.2 Å². The molecule has 0 aromatic carbocycles. The largest absolute Gasteiger partial charge is 0.393 e. The molecule has 0 bridgehead atoms. The number of nitrogens with one attached hydrogen (secondary N) is 1. The lowest BCUT2D eigenvalue weighted by atomic mass is 9.96. The van der Waals surface area contributed by atoms with Crippen molar-refractivity contribution in [3.05, 3.63) is 40.8 Å². The van der Waals surface area contributed by atoms with Gasteiger partial charge in [0.1, 0.15) is 11.3 Å². The number of halogens is 4. The molecule has 1 aliphatic heterocycles. The fraction of sp³-hybridized carbons (Fsp3) is 0.478. The number of pyridine rings is 1. The number of aromatic amines is 1. The van der Waals surface area contributed by atoms with Crippen LogP contribution in [0, 0.1) is 6.92 Å². The first-order valence-electron chi connectivity index (χ1n) is 11.5. The van der Waals surface area contributed by atoms with Crippen LogP contribution < -0.4 is 0 Å². The van der Waals surface area contributed by atoms with Crippen LogP contribution in [-0.2, 0) is 6.42 Å². The second kappa shape index (κ2) is 9.65. The molecule has 12 heteroatoms. The summed E-state index contributed by atoms with van der Waals surface area (Å²) in [6, 6.07) is 1.77. The molecule has 0 unspecified atom stereocenters. The monoisotopic (exact) mass is 507 g/mol. The summed E-state index contributed by atoms with van der Waals surface area (Å²) in [6.07, 6.45) is 1.68. The molecule has 7 nitrogen and oxygen atoms in total. The molecule has 1 N–H and O–H groups in total. The molecule has 1 fully saturated rings. The van der Waals surface area contributed by atoms with Gasteiger partial charge in [0.25, 0.3) is 0 Å². The molecule has 0 saturated carbocycles. The van der Waals surface area contributed by atoms with Crippen LogP contribution in [-0.4, -0.2) is 67.2 Å². The Morgan fingerprint density at radius 3 is 2.74 bits per heavy atom. The molecule has 35 heavy (non-hydrogen) atoms. The first kappa shape index (κ1) is 23.9. The summed E-state index contributed by atoms with van der Waals surface area (Å²) in [6.45, 7) is 4.05. The SMILES string of the molecule is Cc1cc(-c2n[nH]c(-c3ncc(C4CCN(CCCF)CC4)s3)c2CC(F)(F)F)cn2ncnc12. The Balaban J connectivity index is 1.44.